The highest BCUT2D eigenvalue weighted by atomic mass is 16.4. The number of carboxylic acids is 1. The normalized spacial score (nSPS) is 23.8. The fraction of sp³-hybridized carbons (Fsp3) is 0.667. The van der Waals surface area contributed by atoms with Crippen molar-refractivity contribution in [1.29, 1.82) is 0 Å². The van der Waals surface area contributed by atoms with Gasteiger partial charge in [0.15, 0.2) is 0 Å². The number of urea groups is 1. The fourth-order valence-electron chi connectivity index (χ4n) is 2.08. The number of hydrogen-bond acceptors (Lipinski definition) is 2. The second-order valence-corrected chi connectivity index (χ2v) is 4.44. The predicted octanol–water partition coefficient (Wildman–Crippen LogP) is 1.36. The molecule has 0 aromatic rings. The van der Waals surface area contributed by atoms with Gasteiger partial charge in [-0.1, -0.05) is 6.08 Å². The van der Waals surface area contributed by atoms with Gasteiger partial charge in [-0.25, -0.2) is 4.79 Å². The van der Waals surface area contributed by atoms with Crippen LogP contribution in [0.3, 0.4) is 0 Å². The van der Waals surface area contributed by atoms with Crippen molar-refractivity contribution in [2.24, 2.45) is 11.8 Å². The van der Waals surface area contributed by atoms with E-state index in [0.29, 0.717) is 19.0 Å². The van der Waals surface area contributed by atoms with Gasteiger partial charge in [-0.3, -0.25) is 4.79 Å². The molecule has 0 saturated heterocycles. The van der Waals surface area contributed by atoms with Gasteiger partial charge in [0.2, 0.25) is 0 Å². The van der Waals surface area contributed by atoms with E-state index in [1.54, 1.807) is 6.08 Å². The zero-order valence-corrected chi connectivity index (χ0v) is 9.95. The van der Waals surface area contributed by atoms with Crippen molar-refractivity contribution in [1.82, 2.24) is 10.6 Å². The Morgan fingerprint density at radius 3 is 2.41 bits per heavy atom. The van der Waals surface area contributed by atoms with Gasteiger partial charge in [0, 0.05) is 13.1 Å². The van der Waals surface area contributed by atoms with E-state index in [4.69, 9.17) is 5.11 Å². The minimum atomic E-state index is -0.694. The molecular weight excluding hydrogens is 220 g/mol. The first-order chi connectivity index (χ1) is 8.13. The summed E-state index contributed by atoms with van der Waals surface area (Å²) in [6, 6.07) is -0.190. The predicted molar refractivity (Wildman–Crippen MR) is 64.7 cm³/mol. The summed E-state index contributed by atoms with van der Waals surface area (Å²) in [5.74, 6) is -0.485. The van der Waals surface area contributed by atoms with Crippen LogP contribution in [0.25, 0.3) is 0 Å². The Kier molecular flexibility index (Phi) is 5.52. The molecule has 5 heteroatoms. The summed E-state index contributed by atoms with van der Waals surface area (Å²) in [7, 11) is 0. The standard InChI is InChI=1S/C12H20N2O3/c1-2-7-13-12(17)14-8-9-3-5-10(6-4-9)11(15)16/h2,9-10H,1,3-8H2,(H,15,16)(H2,13,14,17). The van der Waals surface area contributed by atoms with Crippen molar-refractivity contribution in [2.75, 3.05) is 13.1 Å². The van der Waals surface area contributed by atoms with E-state index in [1.807, 2.05) is 0 Å². The van der Waals surface area contributed by atoms with Gasteiger partial charge in [0.1, 0.15) is 0 Å². The molecular formula is C12H20N2O3. The molecule has 0 atom stereocenters. The highest BCUT2D eigenvalue weighted by Crippen LogP contribution is 2.28. The summed E-state index contributed by atoms with van der Waals surface area (Å²) >= 11 is 0. The van der Waals surface area contributed by atoms with E-state index in [-0.39, 0.29) is 11.9 Å². The monoisotopic (exact) mass is 240 g/mol. The van der Waals surface area contributed by atoms with Crippen molar-refractivity contribution in [3.63, 3.8) is 0 Å². The van der Waals surface area contributed by atoms with Gasteiger partial charge in [-0.15, -0.1) is 6.58 Å². The molecule has 1 aliphatic rings. The van der Waals surface area contributed by atoms with Crippen molar-refractivity contribution >= 4 is 12.0 Å². The van der Waals surface area contributed by atoms with Crippen LogP contribution in [0.4, 0.5) is 4.79 Å². The van der Waals surface area contributed by atoms with Crippen LogP contribution in [0.15, 0.2) is 12.7 Å². The Hall–Kier alpha value is -1.52. The lowest BCUT2D eigenvalue weighted by atomic mass is 9.82. The van der Waals surface area contributed by atoms with Crippen LogP contribution in [-0.4, -0.2) is 30.2 Å². The van der Waals surface area contributed by atoms with Crippen LogP contribution in [-0.2, 0) is 4.79 Å². The van der Waals surface area contributed by atoms with E-state index in [9.17, 15) is 9.59 Å². The number of rotatable bonds is 5. The summed E-state index contributed by atoms with van der Waals surface area (Å²) < 4.78 is 0. The molecule has 1 aliphatic carbocycles. The van der Waals surface area contributed by atoms with Gasteiger partial charge in [-0.2, -0.15) is 0 Å². The number of carbonyl (C=O) groups excluding carboxylic acids is 1. The first-order valence-electron chi connectivity index (χ1n) is 5.99. The smallest absolute Gasteiger partial charge is 0.315 e. The number of aliphatic carboxylic acids is 1. The summed E-state index contributed by atoms with van der Waals surface area (Å²) in [6.07, 6.45) is 4.81. The molecule has 0 bridgehead atoms. The number of amides is 2. The van der Waals surface area contributed by atoms with E-state index >= 15 is 0 Å². The zero-order chi connectivity index (χ0) is 12.7. The summed E-state index contributed by atoms with van der Waals surface area (Å²) in [5, 5.41) is 14.3. The lowest BCUT2D eigenvalue weighted by Gasteiger charge is -2.26. The largest absolute Gasteiger partial charge is 0.481 e. The molecule has 0 heterocycles. The van der Waals surface area contributed by atoms with Crippen LogP contribution in [0.5, 0.6) is 0 Å². The number of hydrogen-bond donors (Lipinski definition) is 3. The van der Waals surface area contributed by atoms with Crippen LogP contribution in [0.1, 0.15) is 25.7 Å². The maximum atomic E-state index is 11.3. The van der Waals surface area contributed by atoms with Gasteiger partial charge in [0.25, 0.3) is 0 Å². The van der Waals surface area contributed by atoms with Gasteiger partial charge in [-0.05, 0) is 31.6 Å². The summed E-state index contributed by atoms with van der Waals surface area (Å²) in [6.45, 7) is 4.59. The average molecular weight is 240 g/mol. The van der Waals surface area contributed by atoms with E-state index in [1.165, 1.54) is 0 Å². The van der Waals surface area contributed by atoms with Gasteiger partial charge in [0.05, 0.1) is 5.92 Å². The second kappa shape index (κ2) is 6.93. The van der Waals surface area contributed by atoms with E-state index in [0.717, 1.165) is 25.7 Å². The molecule has 1 rings (SSSR count). The first-order valence-corrected chi connectivity index (χ1v) is 5.99. The molecule has 3 N–H and O–H groups in total. The highest BCUT2D eigenvalue weighted by molar-refractivity contribution is 5.74. The third-order valence-electron chi connectivity index (χ3n) is 3.15. The van der Waals surface area contributed by atoms with Crippen LogP contribution in [0.2, 0.25) is 0 Å². The minimum absolute atomic E-state index is 0.190. The van der Waals surface area contributed by atoms with Crippen LogP contribution in [0, 0.1) is 11.8 Å². The van der Waals surface area contributed by atoms with Gasteiger partial charge < -0.3 is 15.7 Å². The van der Waals surface area contributed by atoms with E-state index in [2.05, 4.69) is 17.2 Å². The number of nitrogens with one attached hydrogen (secondary N) is 2. The molecule has 5 nitrogen and oxygen atoms in total. The quantitative estimate of drug-likeness (QED) is 0.635. The first kappa shape index (κ1) is 13.5. The zero-order valence-electron chi connectivity index (χ0n) is 9.95. The fourth-order valence-corrected chi connectivity index (χ4v) is 2.08. The molecule has 0 aromatic carbocycles. The molecule has 0 aliphatic heterocycles. The summed E-state index contributed by atoms with van der Waals surface area (Å²) in [5.41, 5.74) is 0. The Morgan fingerprint density at radius 1 is 1.24 bits per heavy atom. The third-order valence-corrected chi connectivity index (χ3v) is 3.15. The van der Waals surface area contributed by atoms with Gasteiger partial charge >= 0.3 is 12.0 Å². The second-order valence-electron chi connectivity index (χ2n) is 4.44. The molecule has 1 fully saturated rings. The Bertz CT molecular complexity index is 283. The van der Waals surface area contributed by atoms with Crippen LogP contribution >= 0.6 is 0 Å². The average Bonchev–Trinajstić information content (AvgIpc) is 2.34. The lowest BCUT2D eigenvalue weighted by molar-refractivity contribution is -0.143. The molecule has 2 amide bonds. The summed E-state index contributed by atoms with van der Waals surface area (Å²) in [4.78, 5) is 22.0. The number of carbonyl (C=O) groups is 2. The minimum Gasteiger partial charge on any atom is -0.481 e. The Balaban J connectivity index is 2.15. The highest BCUT2D eigenvalue weighted by Gasteiger charge is 2.25. The van der Waals surface area contributed by atoms with Crippen molar-refractivity contribution < 1.29 is 14.7 Å². The molecule has 1 saturated carbocycles. The maximum Gasteiger partial charge on any atom is 0.315 e. The maximum absolute atomic E-state index is 11.3. The van der Waals surface area contributed by atoms with Crippen LogP contribution < -0.4 is 10.6 Å². The van der Waals surface area contributed by atoms with E-state index < -0.39 is 5.97 Å². The molecule has 0 spiro atoms. The Morgan fingerprint density at radius 2 is 1.88 bits per heavy atom. The Labute approximate surface area is 101 Å². The topological polar surface area (TPSA) is 78.4 Å². The van der Waals surface area contributed by atoms with Crippen molar-refractivity contribution in [3.05, 3.63) is 12.7 Å². The molecule has 0 radical (unpaired) electrons. The molecule has 17 heavy (non-hydrogen) atoms. The van der Waals surface area contributed by atoms with Crippen molar-refractivity contribution in [2.45, 2.75) is 25.7 Å². The van der Waals surface area contributed by atoms with Crippen molar-refractivity contribution in [3.8, 4) is 0 Å². The molecule has 0 unspecified atom stereocenters. The lowest BCUT2D eigenvalue weighted by Crippen LogP contribution is -2.39. The molecule has 0 aromatic heterocycles. The SMILES string of the molecule is C=CCNC(=O)NCC1CCC(C(=O)O)CC1. The third kappa shape index (κ3) is 4.89. The molecule has 96 valence electrons. The number of carboxylic acid groups (broad SMARTS) is 1.